The summed E-state index contributed by atoms with van der Waals surface area (Å²) < 4.78 is 5.10. The first-order chi connectivity index (χ1) is 12.4. The Morgan fingerprint density at radius 1 is 1.08 bits per heavy atom. The third-order valence-corrected chi connectivity index (χ3v) is 5.37. The highest BCUT2D eigenvalue weighted by Crippen LogP contribution is 2.37. The fourth-order valence-corrected chi connectivity index (χ4v) is 4.04. The molecule has 1 saturated heterocycles. The second-order valence-electron chi connectivity index (χ2n) is 5.41. The number of methoxy groups -OCH3 is 1. The quantitative estimate of drug-likeness (QED) is 0.569. The van der Waals surface area contributed by atoms with Crippen molar-refractivity contribution in [3.8, 4) is 5.75 Å². The molecule has 2 amide bonds. The predicted molar refractivity (Wildman–Crippen MR) is 106 cm³/mol. The number of carbonyl (C=O) groups is 2. The zero-order valence-electron chi connectivity index (χ0n) is 13.5. The van der Waals surface area contributed by atoms with Crippen LogP contribution < -0.4 is 4.74 Å². The summed E-state index contributed by atoms with van der Waals surface area (Å²) in [6.45, 7) is 0.184. The van der Waals surface area contributed by atoms with Gasteiger partial charge >= 0.3 is 0 Å². The third kappa shape index (κ3) is 4.01. The molecule has 0 bridgehead atoms. The van der Waals surface area contributed by atoms with Gasteiger partial charge in [0.05, 0.1) is 28.6 Å². The molecule has 26 heavy (non-hydrogen) atoms. The summed E-state index contributed by atoms with van der Waals surface area (Å²) in [6.07, 6.45) is 1.59. The van der Waals surface area contributed by atoms with Gasteiger partial charge in [0, 0.05) is 5.02 Å². The number of ether oxygens (including phenoxy) is 1. The monoisotopic (exact) mass is 427 g/mol. The molecule has 0 N–H and O–H groups in total. The van der Waals surface area contributed by atoms with Crippen molar-refractivity contribution in [1.82, 2.24) is 4.90 Å². The molecule has 4 nitrogen and oxygen atoms in total. The molecule has 0 aliphatic carbocycles. The maximum atomic E-state index is 12.6. The maximum Gasteiger partial charge on any atom is 0.293 e. The molecular formula is C18H12Cl3NO3S. The lowest BCUT2D eigenvalue weighted by Crippen LogP contribution is -2.27. The van der Waals surface area contributed by atoms with Gasteiger partial charge in [-0.05, 0) is 53.2 Å². The lowest BCUT2D eigenvalue weighted by molar-refractivity contribution is -0.123. The molecule has 0 spiro atoms. The first kappa shape index (κ1) is 19.1. The molecule has 1 fully saturated rings. The fraction of sp³-hybridized carbons (Fsp3) is 0.111. The molecule has 3 rings (SSSR count). The van der Waals surface area contributed by atoms with Gasteiger partial charge < -0.3 is 4.74 Å². The van der Waals surface area contributed by atoms with Gasteiger partial charge in [0.15, 0.2) is 5.75 Å². The number of benzene rings is 2. The molecule has 0 unspecified atom stereocenters. The standard InChI is InChI=1S/C18H12Cl3NO3S/c1-25-16-13(20)6-11(7-14(16)21)8-15-17(23)22(18(24)26-15)9-10-2-4-12(19)5-3-10/h2-8H,9H2,1H3/b15-8-. The Morgan fingerprint density at radius 2 is 1.69 bits per heavy atom. The summed E-state index contributed by atoms with van der Waals surface area (Å²) in [6, 6.07) is 10.2. The van der Waals surface area contributed by atoms with Gasteiger partial charge in [-0.3, -0.25) is 14.5 Å². The highest BCUT2D eigenvalue weighted by molar-refractivity contribution is 8.18. The smallest absolute Gasteiger partial charge is 0.293 e. The lowest BCUT2D eigenvalue weighted by Gasteiger charge is -2.12. The Balaban J connectivity index is 1.84. The van der Waals surface area contributed by atoms with Crippen molar-refractivity contribution in [3.63, 3.8) is 0 Å². The van der Waals surface area contributed by atoms with E-state index in [9.17, 15) is 9.59 Å². The summed E-state index contributed by atoms with van der Waals surface area (Å²) >= 11 is 19.0. The topological polar surface area (TPSA) is 46.6 Å². The number of halogens is 3. The number of amides is 2. The zero-order chi connectivity index (χ0) is 18.8. The molecule has 1 heterocycles. The second kappa shape index (κ2) is 7.92. The first-order valence-corrected chi connectivity index (χ1v) is 9.37. The second-order valence-corrected chi connectivity index (χ2v) is 7.66. The van der Waals surface area contributed by atoms with E-state index in [1.807, 2.05) is 0 Å². The minimum Gasteiger partial charge on any atom is -0.494 e. The highest BCUT2D eigenvalue weighted by atomic mass is 35.5. The number of nitrogens with zero attached hydrogens (tertiary/aromatic N) is 1. The van der Waals surface area contributed by atoms with Crippen LogP contribution in [0, 0.1) is 0 Å². The Hall–Kier alpha value is -1.66. The van der Waals surface area contributed by atoms with Gasteiger partial charge in [0.2, 0.25) is 0 Å². The minimum absolute atomic E-state index is 0.184. The van der Waals surface area contributed by atoms with Crippen molar-refractivity contribution < 1.29 is 14.3 Å². The number of hydrogen-bond donors (Lipinski definition) is 0. The van der Waals surface area contributed by atoms with E-state index in [2.05, 4.69) is 0 Å². The van der Waals surface area contributed by atoms with Crippen LogP contribution in [0.3, 0.4) is 0 Å². The van der Waals surface area contributed by atoms with Gasteiger partial charge in [-0.15, -0.1) is 0 Å². The summed E-state index contributed by atoms with van der Waals surface area (Å²) in [5.74, 6) is -0.000612. The molecule has 1 aliphatic heterocycles. The van der Waals surface area contributed by atoms with Gasteiger partial charge in [0.1, 0.15) is 0 Å². The highest BCUT2D eigenvalue weighted by Gasteiger charge is 2.35. The van der Waals surface area contributed by atoms with Gasteiger partial charge in [0.25, 0.3) is 11.1 Å². The molecule has 134 valence electrons. The Morgan fingerprint density at radius 3 is 2.27 bits per heavy atom. The van der Waals surface area contributed by atoms with Crippen molar-refractivity contribution in [2.75, 3.05) is 7.11 Å². The zero-order valence-corrected chi connectivity index (χ0v) is 16.5. The normalized spacial score (nSPS) is 15.8. The van der Waals surface area contributed by atoms with Gasteiger partial charge in [-0.2, -0.15) is 0 Å². The van der Waals surface area contributed by atoms with E-state index in [-0.39, 0.29) is 17.7 Å². The van der Waals surface area contributed by atoms with Crippen molar-refractivity contribution in [1.29, 1.82) is 0 Å². The number of thioether (sulfide) groups is 1. The van der Waals surface area contributed by atoms with Crippen molar-refractivity contribution in [2.24, 2.45) is 0 Å². The number of hydrogen-bond acceptors (Lipinski definition) is 4. The van der Waals surface area contributed by atoms with E-state index >= 15 is 0 Å². The molecule has 2 aromatic rings. The van der Waals surface area contributed by atoms with Crippen molar-refractivity contribution in [2.45, 2.75) is 6.54 Å². The van der Waals surface area contributed by atoms with Crippen LogP contribution in [0.5, 0.6) is 5.75 Å². The molecule has 0 saturated carbocycles. The number of rotatable bonds is 4. The molecule has 0 radical (unpaired) electrons. The Labute approximate surface area is 169 Å². The van der Waals surface area contributed by atoms with Crippen LogP contribution in [-0.4, -0.2) is 23.2 Å². The Kier molecular flexibility index (Phi) is 5.82. The van der Waals surface area contributed by atoms with Crippen LogP contribution in [0.4, 0.5) is 4.79 Å². The fourth-order valence-electron chi connectivity index (χ4n) is 2.42. The summed E-state index contributed by atoms with van der Waals surface area (Å²) in [4.78, 5) is 26.3. The lowest BCUT2D eigenvalue weighted by atomic mass is 10.2. The SMILES string of the molecule is COc1c(Cl)cc(/C=C2\SC(=O)N(Cc3ccc(Cl)cc3)C2=O)cc1Cl. The summed E-state index contributed by atoms with van der Waals surface area (Å²) in [7, 11) is 1.47. The van der Waals surface area contributed by atoms with E-state index in [1.54, 1.807) is 42.5 Å². The Bertz CT molecular complexity index is 889. The molecule has 0 atom stereocenters. The average Bonchev–Trinajstić information content (AvgIpc) is 2.84. The van der Waals surface area contributed by atoms with E-state index in [4.69, 9.17) is 39.5 Å². The van der Waals surface area contributed by atoms with Crippen LogP contribution in [0.15, 0.2) is 41.3 Å². The average molecular weight is 429 g/mol. The predicted octanol–water partition coefficient (Wildman–Crippen LogP) is 5.89. The van der Waals surface area contributed by atoms with Crippen LogP contribution in [-0.2, 0) is 11.3 Å². The van der Waals surface area contributed by atoms with Crippen LogP contribution >= 0.6 is 46.6 Å². The third-order valence-electron chi connectivity index (χ3n) is 3.65. The van der Waals surface area contributed by atoms with Crippen molar-refractivity contribution >= 4 is 63.8 Å². The molecule has 1 aliphatic rings. The van der Waals surface area contributed by atoms with Crippen LogP contribution in [0.25, 0.3) is 6.08 Å². The van der Waals surface area contributed by atoms with E-state index < -0.39 is 0 Å². The van der Waals surface area contributed by atoms with E-state index in [1.165, 1.54) is 12.0 Å². The molecule has 8 heteroatoms. The molecular weight excluding hydrogens is 417 g/mol. The maximum absolute atomic E-state index is 12.6. The van der Waals surface area contributed by atoms with Crippen molar-refractivity contribution in [3.05, 3.63) is 67.5 Å². The minimum atomic E-state index is -0.363. The van der Waals surface area contributed by atoms with Crippen LogP contribution in [0.2, 0.25) is 15.1 Å². The van der Waals surface area contributed by atoms with Gasteiger partial charge in [-0.1, -0.05) is 46.9 Å². The van der Waals surface area contributed by atoms with Crippen LogP contribution in [0.1, 0.15) is 11.1 Å². The summed E-state index contributed by atoms with van der Waals surface area (Å²) in [5.41, 5.74) is 1.42. The number of carbonyl (C=O) groups excluding carboxylic acids is 2. The largest absolute Gasteiger partial charge is 0.494 e. The summed E-state index contributed by atoms with van der Waals surface area (Å²) in [5, 5.41) is 0.913. The number of imide groups is 1. The molecule has 2 aromatic carbocycles. The van der Waals surface area contributed by atoms with Gasteiger partial charge in [-0.25, -0.2) is 0 Å². The van der Waals surface area contributed by atoms with E-state index in [0.29, 0.717) is 31.3 Å². The molecule has 0 aromatic heterocycles. The van der Waals surface area contributed by atoms with E-state index in [0.717, 1.165) is 17.3 Å². The first-order valence-electron chi connectivity index (χ1n) is 7.42.